The fourth-order valence-electron chi connectivity index (χ4n) is 0.258. The second kappa shape index (κ2) is 5.18. The van der Waals surface area contributed by atoms with E-state index in [1.807, 2.05) is 0 Å². The van der Waals surface area contributed by atoms with E-state index in [1.165, 1.54) is 0 Å². The maximum Gasteiger partial charge on any atom is 0.166 e. The van der Waals surface area contributed by atoms with Gasteiger partial charge >= 0.3 is 0 Å². The van der Waals surface area contributed by atoms with Gasteiger partial charge in [0, 0.05) is 19.3 Å². The smallest absolute Gasteiger partial charge is 0.166 e. The molecule has 0 radical (unpaired) electrons. The zero-order valence-corrected chi connectivity index (χ0v) is 6.48. The summed E-state index contributed by atoms with van der Waals surface area (Å²) in [5, 5.41) is 6.39. The van der Waals surface area contributed by atoms with Crippen LogP contribution in [-0.4, -0.2) is 24.5 Å². The Bertz CT molecular complexity index is 74.4. The van der Waals surface area contributed by atoms with Crippen LogP contribution in [0, 0.1) is 0 Å². The van der Waals surface area contributed by atoms with Crippen molar-refractivity contribution in [2.24, 2.45) is 0 Å². The number of nitrogens with one attached hydrogen (secondary N) is 2. The van der Waals surface area contributed by atoms with Crippen LogP contribution < -0.4 is 10.6 Å². The molecule has 0 spiro atoms. The molecule has 0 bridgehead atoms. The highest BCUT2D eigenvalue weighted by Gasteiger charge is 1.84. The molecule has 8 heavy (non-hydrogen) atoms. The van der Waals surface area contributed by atoms with Crippen LogP contribution in [-0.2, 0) is 0 Å². The molecule has 0 amide bonds. The van der Waals surface area contributed by atoms with Crippen LogP contribution >= 0.6 is 24.8 Å². The number of thiol groups is 1. The third-order valence-corrected chi connectivity index (χ3v) is 1.20. The first-order chi connectivity index (χ1) is 3.81. The lowest BCUT2D eigenvalue weighted by Gasteiger charge is -2.02. The van der Waals surface area contributed by atoms with Gasteiger partial charge in [-0.05, 0) is 12.2 Å². The summed E-state index contributed by atoms with van der Waals surface area (Å²) in [6.07, 6.45) is 0. The second-order valence-corrected chi connectivity index (χ2v) is 2.08. The highest BCUT2D eigenvalue weighted by atomic mass is 32.1. The van der Waals surface area contributed by atoms with Gasteiger partial charge in [-0.15, -0.1) is 0 Å². The zero-order valence-electron chi connectivity index (χ0n) is 4.77. The fraction of sp³-hybridized carbons (Fsp3) is 0.750. The Morgan fingerprint density at radius 3 is 2.75 bits per heavy atom. The summed E-state index contributed by atoms with van der Waals surface area (Å²) in [6, 6.07) is 0. The summed E-state index contributed by atoms with van der Waals surface area (Å²) in [4.78, 5) is 0. The topological polar surface area (TPSA) is 24.1 Å². The molecular formula is C4H10N2S2. The Labute approximate surface area is 60.4 Å². The quantitative estimate of drug-likeness (QED) is 0.382. The number of rotatable bonds is 2. The lowest BCUT2D eigenvalue weighted by molar-refractivity contribution is 0.945. The standard InChI is InChI=1S/C4H10N2S2/c1-5-4(8)6-2-3-7/h7H,2-3H2,1H3,(H2,5,6,8). The average molecular weight is 150 g/mol. The summed E-state index contributed by atoms with van der Waals surface area (Å²) >= 11 is 8.75. The normalized spacial score (nSPS) is 8.25. The van der Waals surface area contributed by atoms with Crippen molar-refractivity contribution in [2.45, 2.75) is 0 Å². The molecule has 0 aliphatic heterocycles. The Morgan fingerprint density at radius 2 is 2.38 bits per heavy atom. The number of thiocarbonyl (C=S) groups is 1. The van der Waals surface area contributed by atoms with E-state index in [-0.39, 0.29) is 0 Å². The largest absolute Gasteiger partial charge is 0.366 e. The van der Waals surface area contributed by atoms with Gasteiger partial charge in [0.1, 0.15) is 0 Å². The number of hydrogen-bond donors (Lipinski definition) is 3. The average Bonchev–Trinajstić information content (AvgIpc) is 1.83. The molecule has 0 fully saturated rings. The van der Waals surface area contributed by atoms with Crippen molar-refractivity contribution in [2.75, 3.05) is 19.3 Å². The van der Waals surface area contributed by atoms with Gasteiger partial charge < -0.3 is 10.6 Å². The molecule has 0 aromatic carbocycles. The van der Waals surface area contributed by atoms with Crippen LogP contribution in [0.2, 0.25) is 0 Å². The Morgan fingerprint density at radius 1 is 1.75 bits per heavy atom. The molecule has 0 saturated heterocycles. The Hall–Kier alpha value is 0.0400. The molecule has 0 aliphatic rings. The lowest BCUT2D eigenvalue weighted by Crippen LogP contribution is -2.33. The lowest BCUT2D eigenvalue weighted by atomic mass is 10.7. The third-order valence-electron chi connectivity index (χ3n) is 0.624. The van der Waals surface area contributed by atoms with Gasteiger partial charge in [-0.3, -0.25) is 0 Å². The van der Waals surface area contributed by atoms with Crippen molar-refractivity contribution in [3.05, 3.63) is 0 Å². The summed E-state index contributed by atoms with van der Waals surface area (Å²) in [5.74, 6) is 0.807. The highest BCUT2D eigenvalue weighted by molar-refractivity contribution is 7.80. The van der Waals surface area contributed by atoms with Crippen molar-refractivity contribution in [3.8, 4) is 0 Å². The van der Waals surface area contributed by atoms with Crippen LogP contribution in [0.15, 0.2) is 0 Å². The van der Waals surface area contributed by atoms with E-state index < -0.39 is 0 Å². The predicted octanol–water partition coefficient (Wildman–Crippen LogP) is 0.0101. The van der Waals surface area contributed by atoms with Gasteiger partial charge in [-0.2, -0.15) is 12.6 Å². The van der Waals surface area contributed by atoms with Crippen molar-refractivity contribution in [3.63, 3.8) is 0 Å². The fourth-order valence-corrected chi connectivity index (χ4v) is 0.472. The van der Waals surface area contributed by atoms with E-state index in [4.69, 9.17) is 12.2 Å². The van der Waals surface area contributed by atoms with Crippen molar-refractivity contribution in [1.29, 1.82) is 0 Å². The van der Waals surface area contributed by atoms with Crippen molar-refractivity contribution < 1.29 is 0 Å². The van der Waals surface area contributed by atoms with Gasteiger partial charge in [0.15, 0.2) is 5.11 Å². The second-order valence-electron chi connectivity index (χ2n) is 1.23. The maximum absolute atomic E-state index is 4.76. The molecule has 0 aromatic heterocycles. The van der Waals surface area contributed by atoms with Crippen LogP contribution in [0.5, 0.6) is 0 Å². The molecule has 0 saturated carbocycles. The van der Waals surface area contributed by atoms with E-state index in [0.717, 1.165) is 12.3 Å². The van der Waals surface area contributed by atoms with Gasteiger partial charge in [-0.1, -0.05) is 0 Å². The SMILES string of the molecule is CNC(=S)NCCS. The van der Waals surface area contributed by atoms with E-state index in [2.05, 4.69) is 23.3 Å². The molecule has 48 valence electrons. The Balaban J connectivity index is 2.99. The molecule has 4 heteroatoms. The summed E-state index contributed by atoms with van der Waals surface area (Å²) < 4.78 is 0. The van der Waals surface area contributed by atoms with Crippen molar-refractivity contribution in [1.82, 2.24) is 10.6 Å². The van der Waals surface area contributed by atoms with Crippen molar-refractivity contribution >= 4 is 30.0 Å². The minimum atomic E-state index is 0.680. The minimum absolute atomic E-state index is 0.680. The van der Waals surface area contributed by atoms with Crippen LogP contribution in [0.1, 0.15) is 0 Å². The first kappa shape index (κ1) is 8.04. The van der Waals surface area contributed by atoms with Crippen LogP contribution in [0.25, 0.3) is 0 Å². The third kappa shape index (κ3) is 4.21. The molecule has 0 unspecified atom stereocenters. The van der Waals surface area contributed by atoms with Gasteiger partial charge in [0.2, 0.25) is 0 Å². The monoisotopic (exact) mass is 150 g/mol. The molecule has 0 heterocycles. The summed E-state index contributed by atoms with van der Waals surface area (Å²) in [6.45, 7) is 0.822. The molecule has 0 aliphatic carbocycles. The molecule has 0 aromatic rings. The van der Waals surface area contributed by atoms with Gasteiger partial charge in [-0.25, -0.2) is 0 Å². The first-order valence-electron chi connectivity index (χ1n) is 2.37. The molecule has 2 nitrogen and oxygen atoms in total. The minimum Gasteiger partial charge on any atom is -0.366 e. The summed E-state index contributed by atoms with van der Waals surface area (Å²) in [5.41, 5.74) is 0. The van der Waals surface area contributed by atoms with E-state index in [1.54, 1.807) is 7.05 Å². The molecule has 2 N–H and O–H groups in total. The van der Waals surface area contributed by atoms with Gasteiger partial charge in [0.05, 0.1) is 0 Å². The van der Waals surface area contributed by atoms with Crippen LogP contribution in [0.3, 0.4) is 0 Å². The molecule has 0 atom stereocenters. The van der Waals surface area contributed by atoms with E-state index in [9.17, 15) is 0 Å². The Kier molecular flexibility index (Phi) is 5.21. The van der Waals surface area contributed by atoms with E-state index in [0.29, 0.717) is 5.11 Å². The van der Waals surface area contributed by atoms with Gasteiger partial charge in [0.25, 0.3) is 0 Å². The molecular weight excluding hydrogens is 140 g/mol. The first-order valence-corrected chi connectivity index (χ1v) is 3.41. The highest BCUT2D eigenvalue weighted by Crippen LogP contribution is 1.68. The van der Waals surface area contributed by atoms with E-state index >= 15 is 0 Å². The summed E-state index contributed by atoms with van der Waals surface area (Å²) in [7, 11) is 1.79. The number of hydrogen-bond acceptors (Lipinski definition) is 2. The zero-order chi connectivity index (χ0) is 6.41. The predicted molar refractivity (Wildman–Crippen MR) is 43.5 cm³/mol. The van der Waals surface area contributed by atoms with Crippen LogP contribution in [0.4, 0.5) is 0 Å². The maximum atomic E-state index is 4.76. The molecule has 0 rings (SSSR count).